The molecule has 3 aromatic carbocycles. The van der Waals surface area contributed by atoms with Crippen LogP contribution in [0.2, 0.25) is 0 Å². The summed E-state index contributed by atoms with van der Waals surface area (Å²) in [5.74, 6) is 0. The van der Waals surface area contributed by atoms with Gasteiger partial charge in [-0.25, -0.2) is 0 Å². The molecule has 0 saturated heterocycles. The van der Waals surface area contributed by atoms with E-state index in [2.05, 4.69) is 134 Å². The van der Waals surface area contributed by atoms with Gasteiger partial charge in [-0.1, -0.05) is 0 Å². The molecule has 3 aromatic rings. The van der Waals surface area contributed by atoms with Gasteiger partial charge in [-0.2, -0.15) is 0 Å². The van der Waals surface area contributed by atoms with Crippen LogP contribution in [-0.4, -0.2) is 12.3 Å². The van der Waals surface area contributed by atoms with Gasteiger partial charge in [0.15, 0.2) is 0 Å². The van der Waals surface area contributed by atoms with Crippen LogP contribution in [0.4, 0.5) is 0 Å². The standard InChI is InChI=1S/C19H17AsI2/c21-16-20(22,17-10-4-1-5-11-17,18-12-6-2-7-13-18)19-14-8-3-9-15-19/h1-15H,16H2. The number of hydrogen-bond donors (Lipinski definition) is 0. The molecule has 0 radical (unpaired) electrons. The molecule has 0 aromatic heterocycles. The van der Waals surface area contributed by atoms with Gasteiger partial charge in [-0.3, -0.25) is 0 Å². The van der Waals surface area contributed by atoms with Crippen molar-refractivity contribution in [2.24, 2.45) is 0 Å². The summed E-state index contributed by atoms with van der Waals surface area (Å²) < 4.78 is 5.62. The van der Waals surface area contributed by atoms with Crippen molar-refractivity contribution in [1.29, 1.82) is 0 Å². The second-order valence-corrected chi connectivity index (χ2v) is 28.6. The predicted molar refractivity (Wildman–Crippen MR) is 117 cm³/mol. The van der Waals surface area contributed by atoms with Crippen LogP contribution >= 0.6 is 42.7 Å². The molecule has 0 nitrogen and oxygen atoms in total. The molecule has 0 bridgehead atoms. The van der Waals surface area contributed by atoms with Gasteiger partial charge in [0.2, 0.25) is 0 Å². The Bertz CT molecular complexity index is 643. The Morgan fingerprint density at radius 3 is 1.05 bits per heavy atom. The molecule has 0 aliphatic heterocycles. The second kappa shape index (κ2) is 6.66. The zero-order valence-electron chi connectivity index (χ0n) is 12.1. The predicted octanol–water partition coefficient (Wildman–Crippen LogP) is 4.02. The second-order valence-electron chi connectivity index (χ2n) is 5.31. The Balaban J connectivity index is 2.41. The van der Waals surface area contributed by atoms with Crippen LogP contribution in [0.25, 0.3) is 0 Å². The van der Waals surface area contributed by atoms with Gasteiger partial charge >= 0.3 is 159 Å². The van der Waals surface area contributed by atoms with Crippen LogP contribution in [0.1, 0.15) is 0 Å². The zero-order valence-corrected chi connectivity index (χ0v) is 18.3. The van der Waals surface area contributed by atoms with Crippen LogP contribution in [0, 0.1) is 0 Å². The van der Waals surface area contributed by atoms with E-state index >= 15 is 0 Å². The van der Waals surface area contributed by atoms with Gasteiger partial charge in [-0.15, -0.1) is 0 Å². The zero-order chi connectivity index (χ0) is 15.5. The Morgan fingerprint density at radius 1 is 0.545 bits per heavy atom. The van der Waals surface area contributed by atoms with Crippen LogP contribution in [0.5, 0.6) is 0 Å². The van der Waals surface area contributed by atoms with E-state index in [9.17, 15) is 0 Å². The van der Waals surface area contributed by atoms with Crippen molar-refractivity contribution in [2.75, 3.05) is 3.22 Å². The molecule has 0 aliphatic rings. The number of alkyl halides is 1. The van der Waals surface area contributed by atoms with E-state index in [1.807, 2.05) is 0 Å². The molecule has 0 heterocycles. The van der Waals surface area contributed by atoms with Gasteiger partial charge in [0.25, 0.3) is 0 Å². The minimum absolute atomic E-state index is 1.13. The molecular weight excluding hydrogens is 557 g/mol. The maximum absolute atomic E-state index is 3.13. The molecule has 22 heavy (non-hydrogen) atoms. The molecule has 0 amide bonds. The van der Waals surface area contributed by atoms with Gasteiger partial charge in [0.05, 0.1) is 0 Å². The van der Waals surface area contributed by atoms with Crippen LogP contribution in [0.3, 0.4) is 0 Å². The first-order valence-corrected chi connectivity index (χ1v) is 18.5. The van der Waals surface area contributed by atoms with E-state index in [-0.39, 0.29) is 0 Å². The fourth-order valence-corrected chi connectivity index (χ4v) is 21.8. The van der Waals surface area contributed by atoms with E-state index in [1.165, 1.54) is 13.1 Å². The maximum atomic E-state index is 2.84. The number of halogens is 2. The van der Waals surface area contributed by atoms with Gasteiger partial charge in [0.1, 0.15) is 0 Å². The normalized spacial score (nSPS) is 13.3. The quantitative estimate of drug-likeness (QED) is 0.251. The summed E-state index contributed by atoms with van der Waals surface area (Å²) in [5.41, 5.74) is 0. The van der Waals surface area contributed by atoms with Crippen molar-refractivity contribution in [3.05, 3.63) is 91.0 Å². The van der Waals surface area contributed by atoms with E-state index < -0.39 is 9.10 Å². The Hall–Kier alpha value is -0.322. The van der Waals surface area contributed by atoms with Crippen molar-refractivity contribution in [3.8, 4) is 0 Å². The molecule has 0 spiro atoms. The van der Waals surface area contributed by atoms with Gasteiger partial charge in [-0.05, 0) is 0 Å². The summed E-state index contributed by atoms with van der Waals surface area (Å²) in [5, 5.41) is 0. The number of rotatable bonds is 4. The topological polar surface area (TPSA) is 0 Å². The first-order valence-electron chi connectivity index (χ1n) is 7.16. The van der Waals surface area contributed by atoms with Crippen LogP contribution in [-0.2, 0) is 0 Å². The summed E-state index contributed by atoms with van der Waals surface area (Å²) >= 11 is 5.44. The molecule has 3 heteroatoms. The third-order valence-electron chi connectivity index (χ3n) is 4.11. The minimum atomic E-state index is -3.13. The van der Waals surface area contributed by atoms with E-state index in [0.717, 1.165) is 3.22 Å². The average Bonchev–Trinajstić information content (AvgIpc) is 2.63. The van der Waals surface area contributed by atoms with Crippen molar-refractivity contribution in [2.45, 2.75) is 0 Å². The van der Waals surface area contributed by atoms with Crippen molar-refractivity contribution in [1.82, 2.24) is 0 Å². The Kier molecular flexibility index (Phi) is 5.00. The summed E-state index contributed by atoms with van der Waals surface area (Å²) in [7, 11) is -3.13. The fraction of sp³-hybridized carbons (Fsp3) is 0.0526. The summed E-state index contributed by atoms with van der Waals surface area (Å²) in [4.78, 5) is 0. The van der Waals surface area contributed by atoms with Crippen molar-refractivity contribution in [3.63, 3.8) is 0 Å². The third-order valence-corrected chi connectivity index (χ3v) is 38.0. The average molecular weight is 574 g/mol. The number of hydrogen-bond acceptors (Lipinski definition) is 0. The van der Waals surface area contributed by atoms with Crippen molar-refractivity contribution >= 4 is 64.9 Å². The number of benzene rings is 3. The summed E-state index contributed by atoms with van der Waals surface area (Å²) in [6.45, 7) is 0. The van der Waals surface area contributed by atoms with Gasteiger partial charge in [0, 0.05) is 0 Å². The van der Waals surface area contributed by atoms with Crippen molar-refractivity contribution < 1.29 is 0 Å². The molecule has 0 N–H and O–H groups in total. The Morgan fingerprint density at radius 2 is 0.818 bits per heavy atom. The molecule has 0 fully saturated rings. The molecule has 3 rings (SSSR count). The molecule has 0 aliphatic carbocycles. The first-order chi connectivity index (χ1) is 10.7. The van der Waals surface area contributed by atoms with E-state index in [4.69, 9.17) is 0 Å². The monoisotopic (exact) mass is 574 g/mol. The Labute approximate surface area is 157 Å². The molecule has 0 unspecified atom stereocenters. The van der Waals surface area contributed by atoms with E-state index in [0.29, 0.717) is 0 Å². The first kappa shape index (κ1) is 16.5. The molecule has 0 saturated carbocycles. The van der Waals surface area contributed by atoms with Crippen LogP contribution in [0.15, 0.2) is 91.0 Å². The van der Waals surface area contributed by atoms with Gasteiger partial charge < -0.3 is 0 Å². The molecular formula is C19H17AsI2. The summed E-state index contributed by atoms with van der Waals surface area (Å²) in [6, 6.07) is 33.3. The third kappa shape index (κ3) is 2.57. The van der Waals surface area contributed by atoms with E-state index in [1.54, 1.807) is 0 Å². The molecule has 0 atom stereocenters. The van der Waals surface area contributed by atoms with Crippen LogP contribution < -0.4 is 13.1 Å². The SMILES string of the molecule is IC[As](I)(c1ccccc1)(c1ccccc1)c1ccccc1. The fourth-order valence-electron chi connectivity index (χ4n) is 2.87. The summed E-state index contributed by atoms with van der Waals surface area (Å²) in [6.07, 6.45) is 0. The molecule has 112 valence electrons.